The van der Waals surface area contributed by atoms with Crippen molar-refractivity contribution in [3.8, 4) is 11.5 Å². The monoisotopic (exact) mass is 449 g/mol. The Kier molecular flexibility index (Phi) is 7.39. The van der Waals surface area contributed by atoms with Crippen molar-refractivity contribution in [3.05, 3.63) is 63.3 Å². The number of imide groups is 1. The highest BCUT2D eigenvalue weighted by atomic mass is 35.5. The van der Waals surface area contributed by atoms with E-state index in [-0.39, 0.29) is 34.3 Å². The van der Waals surface area contributed by atoms with Gasteiger partial charge >= 0.3 is 0 Å². The van der Waals surface area contributed by atoms with Crippen LogP contribution >= 0.6 is 23.4 Å². The van der Waals surface area contributed by atoms with Gasteiger partial charge in [0.1, 0.15) is 12.4 Å². The second kappa shape index (κ2) is 10.00. The SMILES string of the molecule is CCCN1C(=O)S/C(=C/c2cc(Cl)c(OCc3ccccc3F)c(OCC)c2)C1=O. The molecule has 30 heavy (non-hydrogen) atoms. The molecular formula is C22H21ClFNO4S. The maximum atomic E-state index is 13.9. The highest BCUT2D eigenvalue weighted by Gasteiger charge is 2.34. The summed E-state index contributed by atoms with van der Waals surface area (Å²) in [5.74, 6) is -0.0230. The molecule has 2 aromatic rings. The second-order valence-corrected chi connectivity index (χ2v) is 7.88. The van der Waals surface area contributed by atoms with E-state index in [4.69, 9.17) is 21.1 Å². The molecule has 2 aromatic carbocycles. The lowest BCUT2D eigenvalue weighted by Crippen LogP contribution is -2.28. The molecule has 5 nitrogen and oxygen atoms in total. The zero-order valence-electron chi connectivity index (χ0n) is 16.6. The Bertz CT molecular complexity index is 995. The first-order chi connectivity index (χ1) is 14.4. The van der Waals surface area contributed by atoms with E-state index in [1.165, 1.54) is 11.0 Å². The first-order valence-corrected chi connectivity index (χ1v) is 10.7. The standard InChI is InChI=1S/C22H21ClFNO4S/c1-3-9-25-21(26)19(30-22(25)27)12-14-10-16(23)20(18(11-14)28-4-2)29-13-15-7-5-6-8-17(15)24/h5-8,10-12H,3-4,9,13H2,1-2H3/b19-12+. The first-order valence-electron chi connectivity index (χ1n) is 9.52. The summed E-state index contributed by atoms with van der Waals surface area (Å²) in [6, 6.07) is 9.62. The molecule has 8 heteroatoms. The van der Waals surface area contributed by atoms with Gasteiger partial charge in [0.05, 0.1) is 16.5 Å². The van der Waals surface area contributed by atoms with E-state index < -0.39 is 0 Å². The fourth-order valence-corrected chi connectivity index (χ4v) is 4.05. The molecule has 0 aliphatic carbocycles. The molecular weight excluding hydrogens is 429 g/mol. The van der Waals surface area contributed by atoms with E-state index >= 15 is 0 Å². The van der Waals surface area contributed by atoms with Gasteiger partial charge in [0.2, 0.25) is 0 Å². The Hall–Kier alpha value is -2.51. The molecule has 1 aliphatic heterocycles. The summed E-state index contributed by atoms with van der Waals surface area (Å²) in [6.45, 7) is 4.46. The number of carbonyl (C=O) groups is 2. The van der Waals surface area contributed by atoms with E-state index in [0.717, 1.165) is 11.8 Å². The summed E-state index contributed by atoms with van der Waals surface area (Å²) < 4.78 is 25.3. The summed E-state index contributed by atoms with van der Waals surface area (Å²) in [5, 5.41) is -0.0228. The molecule has 0 N–H and O–H groups in total. The molecule has 1 fully saturated rings. The molecule has 1 aliphatic rings. The number of rotatable bonds is 8. The zero-order chi connectivity index (χ0) is 21.7. The van der Waals surface area contributed by atoms with Crippen molar-refractivity contribution < 1.29 is 23.5 Å². The molecule has 0 aromatic heterocycles. The lowest BCUT2D eigenvalue weighted by Gasteiger charge is -2.15. The lowest BCUT2D eigenvalue weighted by atomic mass is 10.1. The Labute approximate surface area is 183 Å². The first kappa shape index (κ1) is 22.2. The van der Waals surface area contributed by atoms with Crippen LogP contribution in [0.1, 0.15) is 31.4 Å². The minimum Gasteiger partial charge on any atom is -0.490 e. The molecule has 0 atom stereocenters. The summed E-state index contributed by atoms with van der Waals surface area (Å²) in [4.78, 5) is 26.1. The number of carbonyl (C=O) groups excluding carboxylic acids is 2. The van der Waals surface area contributed by atoms with Crippen molar-refractivity contribution in [3.63, 3.8) is 0 Å². The average molecular weight is 450 g/mol. The largest absolute Gasteiger partial charge is 0.490 e. The number of thioether (sulfide) groups is 1. The Morgan fingerprint density at radius 1 is 1.17 bits per heavy atom. The Morgan fingerprint density at radius 2 is 1.93 bits per heavy atom. The number of halogens is 2. The zero-order valence-corrected chi connectivity index (χ0v) is 18.2. The van der Waals surface area contributed by atoms with Crippen LogP contribution in [0.3, 0.4) is 0 Å². The van der Waals surface area contributed by atoms with Crippen LogP contribution in [-0.4, -0.2) is 29.2 Å². The van der Waals surface area contributed by atoms with E-state index in [2.05, 4.69) is 0 Å². The fourth-order valence-electron chi connectivity index (χ4n) is 2.91. The third kappa shape index (κ3) is 4.96. The van der Waals surface area contributed by atoms with E-state index in [9.17, 15) is 14.0 Å². The van der Waals surface area contributed by atoms with Crippen LogP contribution in [0.15, 0.2) is 41.3 Å². The van der Waals surface area contributed by atoms with Crippen LogP contribution in [0.4, 0.5) is 9.18 Å². The van der Waals surface area contributed by atoms with E-state index in [1.54, 1.807) is 36.4 Å². The Balaban J connectivity index is 1.87. The normalized spacial score (nSPS) is 15.2. The van der Waals surface area contributed by atoms with Gasteiger partial charge in [-0.25, -0.2) is 4.39 Å². The highest BCUT2D eigenvalue weighted by molar-refractivity contribution is 8.18. The van der Waals surface area contributed by atoms with Crippen molar-refractivity contribution in [1.82, 2.24) is 4.90 Å². The second-order valence-electron chi connectivity index (χ2n) is 6.48. The number of benzene rings is 2. The summed E-state index contributed by atoms with van der Waals surface area (Å²) >= 11 is 7.30. The molecule has 1 heterocycles. The molecule has 3 rings (SSSR count). The van der Waals surface area contributed by atoms with Gasteiger partial charge in [-0.1, -0.05) is 36.7 Å². The molecule has 0 radical (unpaired) electrons. The van der Waals surface area contributed by atoms with Crippen LogP contribution in [0.5, 0.6) is 11.5 Å². The number of hydrogen-bond donors (Lipinski definition) is 0. The molecule has 2 amide bonds. The summed E-state index contributed by atoms with van der Waals surface area (Å²) in [7, 11) is 0. The van der Waals surface area contributed by atoms with Crippen LogP contribution in [0.25, 0.3) is 6.08 Å². The quantitative estimate of drug-likeness (QED) is 0.469. The van der Waals surface area contributed by atoms with Crippen LogP contribution in [-0.2, 0) is 11.4 Å². The van der Waals surface area contributed by atoms with Crippen molar-refractivity contribution in [1.29, 1.82) is 0 Å². The number of hydrogen-bond acceptors (Lipinski definition) is 5. The predicted molar refractivity (Wildman–Crippen MR) is 116 cm³/mol. The van der Waals surface area contributed by atoms with E-state index in [1.807, 2.05) is 13.8 Å². The van der Waals surface area contributed by atoms with Crippen LogP contribution in [0.2, 0.25) is 5.02 Å². The van der Waals surface area contributed by atoms with Crippen LogP contribution < -0.4 is 9.47 Å². The third-order valence-corrected chi connectivity index (χ3v) is 5.47. The molecule has 0 unspecified atom stereocenters. The smallest absolute Gasteiger partial charge is 0.293 e. The number of ether oxygens (including phenoxy) is 2. The summed E-state index contributed by atoms with van der Waals surface area (Å²) in [6.07, 6.45) is 2.30. The molecule has 1 saturated heterocycles. The van der Waals surface area contributed by atoms with Crippen molar-refractivity contribution in [2.24, 2.45) is 0 Å². The van der Waals surface area contributed by atoms with Gasteiger partial charge in [-0.05, 0) is 54.9 Å². The van der Waals surface area contributed by atoms with Crippen molar-refractivity contribution >= 4 is 40.6 Å². The maximum absolute atomic E-state index is 13.9. The van der Waals surface area contributed by atoms with Crippen molar-refractivity contribution in [2.75, 3.05) is 13.2 Å². The highest BCUT2D eigenvalue weighted by Crippen LogP contribution is 2.39. The van der Waals surface area contributed by atoms with Gasteiger partial charge in [-0.2, -0.15) is 0 Å². The van der Waals surface area contributed by atoms with E-state index in [0.29, 0.717) is 41.4 Å². The average Bonchev–Trinajstić information content (AvgIpc) is 2.96. The molecule has 0 spiro atoms. The van der Waals surface area contributed by atoms with Gasteiger partial charge in [-0.15, -0.1) is 0 Å². The maximum Gasteiger partial charge on any atom is 0.293 e. The molecule has 0 bridgehead atoms. The minimum absolute atomic E-state index is 0.0122. The fraction of sp³-hybridized carbons (Fsp3) is 0.273. The van der Waals surface area contributed by atoms with Crippen molar-refractivity contribution in [2.45, 2.75) is 26.9 Å². The Morgan fingerprint density at radius 3 is 2.63 bits per heavy atom. The van der Waals surface area contributed by atoms with Gasteiger partial charge in [0.15, 0.2) is 11.5 Å². The molecule has 0 saturated carbocycles. The summed E-state index contributed by atoms with van der Waals surface area (Å²) in [5.41, 5.74) is 0.994. The predicted octanol–water partition coefficient (Wildman–Crippen LogP) is 5.90. The van der Waals surface area contributed by atoms with Gasteiger partial charge in [-0.3, -0.25) is 14.5 Å². The number of nitrogens with zero attached hydrogens (tertiary/aromatic N) is 1. The molecule has 158 valence electrons. The van der Waals surface area contributed by atoms with Crippen LogP contribution in [0, 0.1) is 5.82 Å². The van der Waals surface area contributed by atoms with Gasteiger partial charge in [0.25, 0.3) is 11.1 Å². The minimum atomic E-state index is -0.369. The van der Waals surface area contributed by atoms with Gasteiger partial charge in [0, 0.05) is 12.1 Å². The third-order valence-electron chi connectivity index (χ3n) is 4.28. The lowest BCUT2D eigenvalue weighted by molar-refractivity contribution is -0.122. The topological polar surface area (TPSA) is 55.8 Å². The number of amides is 2. The van der Waals surface area contributed by atoms with Gasteiger partial charge < -0.3 is 9.47 Å².